The minimum atomic E-state index is -0.442. The monoisotopic (exact) mass is 472 g/mol. The largest absolute Gasteiger partial charge is 0.334 e. The van der Waals surface area contributed by atoms with Crippen LogP contribution in [-0.4, -0.2) is 40.5 Å². The molecule has 2 aromatic rings. The van der Waals surface area contributed by atoms with Crippen LogP contribution in [0.1, 0.15) is 17.5 Å². The Kier molecular flexibility index (Phi) is 5.65. The molecule has 150 valence electrons. The van der Waals surface area contributed by atoms with Crippen LogP contribution in [0.25, 0.3) is 0 Å². The van der Waals surface area contributed by atoms with Gasteiger partial charge in [0, 0.05) is 22.3 Å². The van der Waals surface area contributed by atoms with E-state index in [4.69, 9.17) is 0 Å². The van der Waals surface area contributed by atoms with Crippen LogP contribution in [0.2, 0.25) is 0 Å². The van der Waals surface area contributed by atoms with Gasteiger partial charge in [-0.25, -0.2) is 4.99 Å². The van der Waals surface area contributed by atoms with E-state index >= 15 is 0 Å². The van der Waals surface area contributed by atoms with Crippen molar-refractivity contribution in [1.82, 2.24) is 4.90 Å². The molecule has 1 saturated heterocycles. The van der Waals surface area contributed by atoms with Gasteiger partial charge in [0.05, 0.1) is 0 Å². The predicted octanol–water partition coefficient (Wildman–Crippen LogP) is 4.13. The minimum Gasteiger partial charge on any atom is -0.334 e. The molecule has 2 aliphatic rings. The molecule has 2 aliphatic heterocycles. The molecule has 4 rings (SSSR count). The third-order valence-corrected chi connectivity index (χ3v) is 6.75. The lowest BCUT2D eigenvalue weighted by Gasteiger charge is -2.32. The number of aryl methyl sites for hydroxylation is 2. The maximum absolute atomic E-state index is 12.9. The number of rotatable bonds is 4. The molecule has 0 aliphatic carbocycles. The van der Waals surface area contributed by atoms with Crippen molar-refractivity contribution in [3.63, 3.8) is 0 Å². The summed E-state index contributed by atoms with van der Waals surface area (Å²) in [5, 5.41) is 3.16. The maximum atomic E-state index is 12.9. The molecule has 0 saturated carbocycles. The number of amides is 2. The minimum absolute atomic E-state index is 0.0660. The average molecular weight is 473 g/mol. The first-order valence-corrected chi connectivity index (χ1v) is 11.0. The lowest BCUT2D eigenvalue weighted by molar-refractivity contribution is -0.128. The SMILES string of the molecule is Cc1ccc(NC(=O)C[C@H]2SC3=NCN(c4cccc(Br)c4)CN3C2=O)cc1C. The number of hydrogen-bond donors (Lipinski definition) is 1. The third-order valence-electron chi connectivity index (χ3n) is 5.04. The van der Waals surface area contributed by atoms with Crippen molar-refractivity contribution in [3.8, 4) is 0 Å². The van der Waals surface area contributed by atoms with Crippen LogP contribution in [0.5, 0.6) is 0 Å². The molecular formula is C21H21BrN4O2S. The van der Waals surface area contributed by atoms with Gasteiger partial charge in [0.15, 0.2) is 5.17 Å². The Morgan fingerprint density at radius 2 is 2.07 bits per heavy atom. The lowest BCUT2D eigenvalue weighted by Crippen LogP contribution is -2.46. The standard InChI is InChI=1S/C21H21BrN4O2S/c1-13-6-7-16(8-14(13)2)24-19(27)10-18-20(28)26-12-25(11-23-21(26)29-18)17-5-3-4-15(22)9-17/h3-9,18H,10-12H2,1-2H3,(H,24,27)/t18-/m1/s1. The van der Waals surface area contributed by atoms with Crippen molar-refractivity contribution in [1.29, 1.82) is 0 Å². The fourth-order valence-electron chi connectivity index (χ4n) is 3.29. The number of fused-ring (bicyclic) bond motifs is 1. The lowest BCUT2D eigenvalue weighted by atomic mass is 10.1. The van der Waals surface area contributed by atoms with Gasteiger partial charge in [0.1, 0.15) is 18.6 Å². The van der Waals surface area contributed by atoms with Crippen molar-refractivity contribution in [2.45, 2.75) is 25.5 Å². The van der Waals surface area contributed by atoms with Crippen LogP contribution in [0, 0.1) is 13.8 Å². The molecule has 0 unspecified atom stereocenters. The second kappa shape index (κ2) is 8.20. The van der Waals surface area contributed by atoms with Gasteiger partial charge in [0.2, 0.25) is 11.8 Å². The smallest absolute Gasteiger partial charge is 0.244 e. The fraction of sp³-hybridized carbons (Fsp3) is 0.286. The third kappa shape index (κ3) is 4.33. The van der Waals surface area contributed by atoms with Gasteiger partial charge in [-0.05, 0) is 55.3 Å². The second-order valence-electron chi connectivity index (χ2n) is 7.17. The zero-order chi connectivity index (χ0) is 20.5. The highest BCUT2D eigenvalue weighted by molar-refractivity contribution is 9.10. The summed E-state index contributed by atoms with van der Waals surface area (Å²) < 4.78 is 0.979. The molecule has 0 aromatic heterocycles. The number of nitrogens with one attached hydrogen (secondary N) is 1. The van der Waals surface area contributed by atoms with Crippen LogP contribution < -0.4 is 10.2 Å². The van der Waals surface area contributed by atoms with Gasteiger partial charge in [-0.1, -0.05) is 39.8 Å². The number of aliphatic imine (C=N–C) groups is 1. The van der Waals surface area contributed by atoms with E-state index < -0.39 is 5.25 Å². The fourth-order valence-corrected chi connectivity index (χ4v) is 4.80. The topological polar surface area (TPSA) is 65.0 Å². The number of carbonyl (C=O) groups is 2. The summed E-state index contributed by atoms with van der Waals surface area (Å²) in [6, 6.07) is 13.7. The van der Waals surface area contributed by atoms with Crippen molar-refractivity contribution >= 4 is 56.0 Å². The second-order valence-corrected chi connectivity index (χ2v) is 9.25. The number of hydrogen-bond acceptors (Lipinski definition) is 5. The zero-order valence-electron chi connectivity index (χ0n) is 16.2. The summed E-state index contributed by atoms with van der Waals surface area (Å²) in [4.78, 5) is 33.6. The van der Waals surface area contributed by atoms with E-state index in [1.54, 1.807) is 4.90 Å². The first kappa shape index (κ1) is 20.0. The van der Waals surface area contributed by atoms with Gasteiger partial charge in [-0.3, -0.25) is 14.5 Å². The van der Waals surface area contributed by atoms with Gasteiger partial charge < -0.3 is 10.2 Å². The van der Waals surface area contributed by atoms with Crippen molar-refractivity contribution in [3.05, 3.63) is 58.1 Å². The van der Waals surface area contributed by atoms with Crippen LogP contribution >= 0.6 is 27.7 Å². The van der Waals surface area contributed by atoms with E-state index in [0.717, 1.165) is 21.4 Å². The summed E-state index contributed by atoms with van der Waals surface area (Å²) in [7, 11) is 0. The van der Waals surface area contributed by atoms with E-state index in [1.165, 1.54) is 17.3 Å². The van der Waals surface area contributed by atoms with Crippen molar-refractivity contribution in [2.75, 3.05) is 23.6 Å². The van der Waals surface area contributed by atoms with Crippen LogP contribution in [0.4, 0.5) is 11.4 Å². The quantitative estimate of drug-likeness (QED) is 0.726. The highest BCUT2D eigenvalue weighted by Gasteiger charge is 2.41. The Labute approximate surface area is 182 Å². The number of anilines is 2. The van der Waals surface area contributed by atoms with Gasteiger partial charge in [-0.2, -0.15) is 0 Å². The molecule has 2 aromatic carbocycles. The van der Waals surface area contributed by atoms with Crippen LogP contribution in [0.15, 0.2) is 51.9 Å². The number of carbonyl (C=O) groups excluding carboxylic acids is 2. The molecule has 6 nitrogen and oxygen atoms in total. The van der Waals surface area contributed by atoms with E-state index in [9.17, 15) is 9.59 Å². The average Bonchev–Trinajstić information content (AvgIpc) is 2.99. The Hall–Kier alpha value is -2.32. The molecule has 1 N–H and O–H groups in total. The molecule has 2 amide bonds. The number of benzene rings is 2. The summed E-state index contributed by atoms with van der Waals surface area (Å²) >= 11 is 4.85. The predicted molar refractivity (Wildman–Crippen MR) is 121 cm³/mol. The van der Waals surface area contributed by atoms with Gasteiger partial charge in [-0.15, -0.1) is 0 Å². The normalized spacial score (nSPS) is 18.5. The highest BCUT2D eigenvalue weighted by Crippen LogP contribution is 2.33. The first-order chi connectivity index (χ1) is 13.9. The van der Waals surface area contributed by atoms with E-state index in [-0.39, 0.29) is 18.2 Å². The summed E-state index contributed by atoms with van der Waals surface area (Å²) in [6.07, 6.45) is 0.128. The Balaban J connectivity index is 1.40. The van der Waals surface area contributed by atoms with E-state index in [2.05, 4.69) is 26.2 Å². The Bertz CT molecular complexity index is 1010. The molecule has 1 fully saturated rings. The Morgan fingerprint density at radius 1 is 1.24 bits per heavy atom. The Morgan fingerprint density at radius 3 is 2.83 bits per heavy atom. The molecule has 8 heteroatoms. The van der Waals surface area contributed by atoms with Gasteiger partial charge >= 0.3 is 0 Å². The van der Waals surface area contributed by atoms with Crippen LogP contribution in [0.3, 0.4) is 0 Å². The number of amidine groups is 1. The van der Waals surface area contributed by atoms with E-state index in [0.29, 0.717) is 18.5 Å². The van der Waals surface area contributed by atoms with Crippen molar-refractivity contribution in [2.24, 2.45) is 4.99 Å². The van der Waals surface area contributed by atoms with Crippen LogP contribution in [-0.2, 0) is 9.59 Å². The first-order valence-electron chi connectivity index (χ1n) is 9.31. The maximum Gasteiger partial charge on any atom is 0.244 e. The summed E-state index contributed by atoms with van der Waals surface area (Å²) in [5.41, 5.74) is 4.04. The van der Waals surface area contributed by atoms with Gasteiger partial charge in [0.25, 0.3) is 0 Å². The van der Waals surface area contributed by atoms with E-state index in [1.807, 2.05) is 61.2 Å². The number of nitrogens with zero attached hydrogens (tertiary/aromatic N) is 3. The molecule has 0 bridgehead atoms. The highest BCUT2D eigenvalue weighted by atomic mass is 79.9. The molecule has 0 radical (unpaired) electrons. The molecule has 1 atom stereocenters. The zero-order valence-corrected chi connectivity index (χ0v) is 18.6. The molecule has 29 heavy (non-hydrogen) atoms. The van der Waals surface area contributed by atoms with Crippen molar-refractivity contribution < 1.29 is 9.59 Å². The number of halogens is 1. The summed E-state index contributed by atoms with van der Waals surface area (Å²) in [5.74, 6) is -0.230. The molecule has 2 heterocycles. The molecule has 0 spiro atoms. The number of thioether (sulfide) groups is 1. The molecular weight excluding hydrogens is 452 g/mol. The summed E-state index contributed by atoms with van der Waals surface area (Å²) in [6.45, 7) is 4.97.